The first-order chi connectivity index (χ1) is 9.60. The summed E-state index contributed by atoms with van der Waals surface area (Å²) in [6, 6.07) is 4.97. The van der Waals surface area contributed by atoms with E-state index in [-0.39, 0.29) is 12.5 Å². The predicted octanol–water partition coefficient (Wildman–Crippen LogP) is 2.44. The Bertz CT molecular complexity index is 482. The van der Waals surface area contributed by atoms with Crippen LogP contribution in [-0.2, 0) is 4.79 Å². The molecular weight excluding hydrogens is 299 g/mol. The molecule has 0 radical (unpaired) electrons. The number of benzene rings is 1. The van der Waals surface area contributed by atoms with Crippen LogP contribution in [0.15, 0.2) is 18.2 Å². The highest BCUT2D eigenvalue weighted by atomic mass is 35.5. The molecule has 2 rings (SSSR count). The standard InChI is InChI=1S/C14H18Cl2N2O2/c1-17-7-10-4-5-18(8-10)14(19)9-20-11-2-3-12(15)13(16)6-11/h2-3,6,10,17H,4-5,7-9H2,1H3. The van der Waals surface area contributed by atoms with Gasteiger partial charge in [0.25, 0.3) is 5.91 Å². The first kappa shape index (κ1) is 15.4. The molecule has 0 bridgehead atoms. The van der Waals surface area contributed by atoms with E-state index in [1.807, 2.05) is 11.9 Å². The summed E-state index contributed by atoms with van der Waals surface area (Å²) in [4.78, 5) is 13.9. The minimum Gasteiger partial charge on any atom is -0.484 e. The Balaban J connectivity index is 1.82. The molecular formula is C14H18Cl2N2O2. The number of hydrogen-bond donors (Lipinski definition) is 1. The van der Waals surface area contributed by atoms with Crippen molar-refractivity contribution in [3.63, 3.8) is 0 Å². The van der Waals surface area contributed by atoms with E-state index >= 15 is 0 Å². The third-order valence-corrected chi connectivity index (χ3v) is 4.12. The summed E-state index contributed by atoms with van der Waals surface area (Å²) in [5, 5.41) is 4.04. The van der Waals surface area contributed by atoms with E-state index in [0.717, 1.165) is 26.1 Å². The van der Waals surface area contributed by atoms with Gasteiger partial charge < -0.3 is 15.0 Å². The van der Waals surface area contributed by atoms with Gasteiger partial charge in [-0.1, -0.05) is 23.2 Å². The molecule has 1 aliphatic rings. The highest BCUT2D eigenvalue weighted by molar-refractivity contribution is 6.42. The van der Waals surface area contributed by atoms with Crippen LogP contribution >= 0.6 is 23.2 Å². The molecule has 1 heterocycles. The van der Waals surface area contributed by atoms with E-state index in [1.54, 1.807) is 18.2 Å². The quantitative estimate of drug-likeness (QED) is 0.907. The Hall–Kier alpha value is -0.970. The number of hydrogen-bond acceptors (Lipinski definition) is 3. The minimum atomic E-state index is 0.00896. The van der Waals surface area contributed by atoms with Crippen molar-refractivity contribution >= 4 is 29.1 Å². The van der Waals surface area contributed by atoms with Crippen molar-refractivity contribution in [2.75, 3.05) is 33.3 Å². The Morgan fingerprint density at radius 3 is 2.95 bits per heavy atom. The molecule has 0 aromatic heterocycles. The third kappa shape index (κ3) is 4.01. The van der Waals surface area contributed by atoms with Gasteiger partial charge in [-0.3, -0.25) is 4.79 Å². The zero-order chi connectivity index (χ0) is 14.5. The summed E-state index contributed by atoms with van der Waals surface area (Å²) in [6.45, 7) is 2.57. The Morgan fingerprint density at radius 2 is 2.25 bits per heavy atom. The first-order valence-corrected chi connectivity index (χ1v) is 7.36. The van der Waals surface area contributed by atoms with Crippen LogP contribution in [0.25, 0.3) is 0 Å². The smallest absolute Gasteiger partial charge is 0.260 e. The van der Waals surface area contributed by atoms with Gasteiger partial charge in [0.2, 0.25) is 0 Å². The molecule has 1 aromatic rings. The molecule has 6 heteroatoms. The third-order valence-electron chi connectivity index (χ3n) is 3.38. The molecule has 1 atom stereocenters. The second-order valence-corrected chi connectivity index (χ2v) is 5.73. The number of nitrogens with zero attached hydrogens (tertiary/aromatic N) is 1. The van der Waals surface area contributed by atoms with Crippen LogP contribution in [0, 0.1) is 5.92 Å². The second-order valence-electron chi connectivity index (χ2n) is 4.92. The number of carbonyl (C=O) groups excluding carboxylic acids is 1. The molecule has 1 unspecified atom stereocenters. The highest BCUT2D eigenvalue weighted by Gasteiger charge is 2.25. The van der Waals surface area contributed by atoms with Crippen molar-refractivity contribution < 1.29 is 9.53 Å². The Labute approximate surface area is 129 Å². The van der Waals surface area contributed by atoms with Gasteiger partial charge in [0, 0.05) is 19.2 Å². The zero-order valence-electron chi connectivity index (χ0n) is 11.4. The summed E-state index contributed by atoms with van der Waals surface area (Å²) < 4.78 is 5.46. The molecule has 20 heavy (non-hydrogen) atoms. The largest absolute Gasteiger partial charge is 0.484 e. The van der Waals surface area contributed by atoms with Gasteiger partial charge in [0.15, 0.2) is 6.61 Å². The lowest BCUT2D eigenvalue weighted by Gasteiger charge is -2.17. The van der Waals surface area contributed by atoms with Crippen LogP contribution < -0.4 is 10.1 Å². The minimum absolute atomic E-state index is 0.00896. The van der Waals surface area contributed by atoms with E-state index in [4.69, 9.17) is 27.9 Å². The second kappa shape index (κ2) is 7.16. The van der Waals surface area contributed by atoms with E-state index in [9.17, 15) is 4.79 Å². The molecule has 4 nitrogen and oxygen atoms in total. The molecule has 1 amide bonds. The number of ether oxygens (including phenoxy) is 1. The molecule has 0 aliphatic carbocycles. The maximum atomic E-state index is 12.0. The summed E-state index contributed by atoms with van der Waals surface area (Å²) in [7, 11) is 1.93. The van der Waals surface area contributed by atoms with Crippen molar-refractivity contribution in [1.29, 1.82) is 0 Å². The van der Waals surface area contributed by atoms with Gasteiger partial charge in [-0.05, 0) is 38.1 Å². The van der Waals surface area contributed by atoms with Crippen molar-refractivity contribution in [3.05, 3.63) is 28.2 Å². The SMILES string of the molecule is CNCC1CCN(C(=O)COc2ccc(Cl)c(Cl)c2)C1. The summed E-state index contributed by atoms with van der Waals surface area (Å²) in [6.07, 6.45) is 1.04. The maximum absolute atomic E-state index is 12.0. The normalized spacial score (nSPS) is 18.4. The van der Waals surface area contributed by atoms with Gasteiger partial charge in [-0.15, -0.1) is 0 Å². The zero-order valence-corrected chi connectivity index (χ0v) is 12.9. The summed E-state index contributed by atoms with van der Waals surface area (Å²) >= 11 is 11.7. The van der Waals surface area contributed by atoms with Gasteiger partial charge in [-0.2, -0.15) is 0 Å². The lowest BCUT2D eigenvalue weighted by Crippen LogP contribution is -2.34. The van der Waals surface area contributed by atoms with Crippen molar-refractivity contribution in [2.45, 2.75) is 6.42 Å². The molecule has 1 aliphatic heterocycles. The fourth-order valence-corrected chi connectivity index (χ4v) is 2.61. The van der Waals surface area contributed by atoms with Gasteiger partial charge in [0.1, 0.15) is 5.75 Å². The Kier molecular flexibility index (Phi) is 5.52. The molecule has 1 N–H and O–H groups in total. The van der Waals surface area contributed by atoms with Crippen molar-refractivity contribution in [1.82, 2.24) is 10.2 Å². The van der Waals surface area contributed by atoms with E-state index in [1.165, 1.54) is 0 Å². The molecule has 1 fully saturated rings. The number of amides is 1. The van der Waals surface area contributed by atoms with Crippen LogP contribution in [0.5, 0.6) is 5.75 Å². The van der Waals surface area contributed by atoms with E-state index in [2.05, 4.69) is 5.32 Å². The van der Waals surface area contributed by atoms with Gasteiger partial charge in [0.05, 0.1) is 10.0 Å². The van der Waals surface area contributed by atoms with Crippen LogP contribution in [0.1, 0.15) is 6.42 Å². The van der Waals surface area contributed by atoms with E-state index < -0.39 is 0 Å². The summed E-state index contributed by atoms with van der Waals surface area (Å²) in [5.74, 6) is 1.10. The van der Waals surface area contributed by atoms with Gasteiger partial charge in [-0.25, -0.2) is 0 Å². The van der Waals surface area contributed by atoms with Crippen molar-refractivity contribution in [3.8, 4) is 5.75 Å². The number of carbonyl (C=O) groups is 1. The number of rotatable bonds is 5. The lowest BCUT2D eigenvalue weighted by molar-refractivity contribution is -0.132. The summed E-state index contributed by atoms with van der Waals surface area (Å²) in [5.41, 5.74) is 0. The average molecular weight is 317 g/mol. The molecule has 1 saturated heterocycles. The lowest BCUT2D eigenvalue weighted by atomic mass is 10.1. The number of halogens is 2. The number of nitrogens with one attached hydrogen (secondary N) is 1. The first-order valence-electron chi connectivity index (χ1n) is 6.60. The Morgan fingerprint density at radius 1 is 1.45 bits per heavy atom. The van der Waals surface area contributed by atoms with Crippen LogP contribution in [0.3, 0.4) is 0 Å². The van der Waals surface area contributed by atoms with Crippen LogP contribution in [0.2, 0.25) is 10.0 Å². The van der Waals surface area contributed by atoms with Crippen LogP contribution in [0.4, 0.5) is 0 Å². The van der Waals surface area contributed by atoms with E-state index in [0.29, 0.717) is 21.7 Å². The predicted molar refractivity (Wildman–Crippen MR) is 80.6 cm³/mol. The molecule has 0 saturated carbocycles. The topological polar surface area (TPSA) is 41.6 Å². The monoisotopic (exact) mass is 316 g/mol. The van der Waals surface area contributed by atoms with Gasteiger partial charge >= 0.3 is 0 Å². The fraction of sp³-hybridized carbons (Fsp3) is 0.500. The van der Waals surface area contributed by atoms with Crippen molar-refractivity contribution in [2.24, 2.45) is 5.92 Å². The highest BCUT2D eigenvalue weighted by Crippen LogP contribution is 2.26. The molecule has 0 spiro atoms. The maximum Gasteiger partial charge on any atom is 0.260 e. The molecule has 1 aromatic carbocycles. The average Bonchev–Trinajstić information content (AvgIpc) is 2.89. The van der Waals surface area contributed by atoms with Crippen LogP contribution in [-0.4, -0.2) is 44.1 Å². The number of likely N-dealkylation sites (tertiary alicyclic amines) is 1. The fourth-order valence-electron chi connectivity index (χ4n) is 2.32. The molecule has 110 valence electrons.